The van der Waals surface area contributed by atoms with Crippen molar-refractivity contribution < 1.29 is 23.9 Å². The maximum absolute atomic E-state index is 13.9. The predicted molar refractivity (Wildman–Crippen MR) is 178 cm³/mol. The first kappa shape index (κ1) is 33.1. The van der Waals surface area contributed by atoms with Gasteiger partial charge in [0.25, 0.3) is 0 Å². The SMILES string of the molecule is COC(=O)C1=C(CCc2nccs2)N=C(CC(=O)N2CCN(C3CC4CCC3CC4)CC2)C(C(=O)OC)C1c1c(Cl)cccc1Cl. The fraction of sp³-hybridized carbons (Fsp3) is 0.559. The van der Waals surface area contributed by atoms with Crippen LogP contribution in [0.1, 0.15) is 61.4 Å². The van der Waals surface area contributed by atoms with Crippen LogP contribution >= 0.6 is 34.5 Å². The number of carbonyl (C=O) groups excluding carboxylic acids is 3. The molecule has 1 amide bonds. The van der Waals surface area contributed by atoms with Gasteiger partial charge in [-0.1, -0.05) is 42.1 Å². The van der Waals surface area contributed by atoms with Gasteiger partial charge >= 0.3 is 11.9 Å². The number of piperazine rings is 1. The van der Waals surface area contributed by atoms with Crippen LogP contribution in [0.25, 0.3) is 0 Å². The minimum Gasteiger partial charge on any atom is -0.468 e. The van der Waals surface area contributed by atoms with E-state index in [1.807, 2.05) is 10.3 Å². The van der Waals surface area contributed by atoms with Gasteiger partial charge in [-0.15, -0.1) is 11.3 Å². The second kappa shape index (κ2) is 14.5. The highest BCUT2D eigenvalue weighted by Crippen LogP contribution is 2.47. The fourth-order valence-electron chi connectivity index (χ4n) is 8.02. The maximum Gasteiger partial charge on any atom is 0.336 e. The van der Waals surface area contributed by atoms with Crippen LogP contribution in [0, 0.1) is 17.8 Å². The first-order chi connectivity index (χ1) is 22.3. The third kappa shape index (κ3) is 6.77. The summed E-state index contributed by atoms with van der Waals surface area (Å²) in [6, 6.07) is 5.65. The number of benzene rings is 1. The molecule has 3 aliphatic carbocycles. The monoisotopic (exact) mass is 686 g/mol. The number of hydrogen-bond acceptors (Lipinski definition) is 9. The van der Waals surface area contributed by atoms with Crippen molar-refractivity contribution in [2.45, 2.75) is 63.3 Å². The van der Waals surface area contributed by atoms with Gasteiger partial charge in [0.05, 0.1) is 36.9 Å². The Kier molecular flexibility index (Phi) is 10.5. The summed E-state index contributed by atoms with van der Waals surface area (Å²) >= 11 is 15.0. The van der Waals surface area contributed by atoms with Crippen molar-refractivity contribution in [3.63, 3.8) is 0 Å². The molecule has 9 nitrogen and oxygen atoms in total. The van der Waals surface area contributed by atoms with Gasteiger partial charge in [0, 0.05) is 71.9 Å². The molecule has 0 N–H and O–H groups in total. The van der Waals surface area contributed by atoms with Crippen molar-refractivity contribution in [1.29, 1.82) is 0 Å². The van der Waals surface area contributed by atoms with Crippen LogP contribution in [-0.4, -0.2) is 84.8 Å². The van der Waals surface area contributed by atoms with Crippen LogP contribution in [-0.2, 0) is 30.3 Å². The molecule has 12 heteroatoms. The molecule has 1 aromatic heterocycles. The smallest absolute Gasteiger partial charge is 0.336 e. The molecular weight excluding hydrogens is 647 g/mol. The number of methoxy groups -OCH3 is 2. The Hall–Kier alpha value is -2.79. The first-order valence-electron chi connectivity index (χ1n) is 16.1. The number of thiazole rings is 1. The Labute approximate surface area is 283 Å². The van der Waals surface area contributed by atoms with Crippen molar-refractivity contribution in [3.8, 4) is 0 Å². The number of halogens is 2. The van der Waals surface area contributed by atoms with Crippen LogP contribution in [0.4, 0.5) is 0 Å². The number of aliphatic imine (C=N–C) groups is 1. The number of allylic oxidation sites excluding steroid dienone is 1. The summed E-state index contributed by atoms with van der Waals surface area (Å²) in [5.74, 6) is -1.84. The summed E-state index contributed by atoms with van der Waals surface area (Å²) in [4.78, 5) is 54.8. The molecule has 2 aliphatic heterocycles. The molecule has 5 aliphatic rings. The summed E-state index contributed by atoms with van der Waals surface area (Å²) in [6.45, 7) is 2.94. The van der Waals surface area contributed by atoms with Gasteiger partial charge < -0.3 is 14.4 Å². The third-order valence-corrected chi connectivity index (χ3v) is 11.8. The number of hydrogen-bond donors (Lipinski definition) is 0. The molecule has 0 spiro atoms. The van der Waals surface area contributed by atoms with Gasteiger partial charge in [0.2, 0.25) is 5.91 Å². The third-order valence-electron chi connectivity index (χ3n) is 10.3. The number of esters is 2. The molecule has 0 radical (unpaired) electrons. The zero-order chi connectivity index (χ0) is 32.4. The number of nitrogens with zero attached hydrogens (tertiary/aromatic N) is 4. The molecule has 2 aromatic rings. The van der Waals surface area contributed by atoms with E-state index in [-0.39, 0.29) is 27.9 Å². The zero-order valence-electron chi connectivity index (χ0n) is 26.3. The lowest BCUT2D eigenvalue weighted by molar-refractivity contribution is -0.143. The average Bonchev–Trinajstić information content (AvgIpc) is 3.61. The highest BCUT2D eigenvalue weighted by atomic mass is 35.5. The van der Waals surface area contributed by atoms with Crippen molar-refractivity contribution in [2.24, 2.45) is 22.7 Å². The number of aryl methyl sites for hydroxylation is 1. The van der Waals surface area contributed by atoms with Gasteiger partial charge in [-0.2, -0.15) is 0 Å². The second-order valence-electron chi connectivity index (χ2n) is 12.7. The summed E-state index contributed by atoms with van der Waals surface area (Å²) in [5.41, 5.74) is 1.31. The van der Waals surface area contributed by atoms with E-state index in [1.165, 1.54) is 57.7 Å². The standard InChI is InChI=1S/C34H40Cl2N4O5S/c1-44-33(42)30-24(10-11-27-37-12-17-46-27)38-25(31(34(43)45-2)32(30)29-22(35)4-3-5-23(29)36)19-28(41)40-15-13-39(14-16-40)26-18-20-6-8-21(26)9-7-20/h3-5,12,17,20-21,26,31-32H,6-11,13-16,18-19H2,1-2H3. The highest BCUT2D eigenvalue weighted by molar-refractivity contribution is 7.09. The van der Waals surface area contributed by atoms with Gasteiger partial charge in [0.15, 0.2) is 0 Å². The lowest BCUT2D eigenvalue weighted by Gasteiger charge is -2.49. The Morgan fingerprint density at radius 3 is 2.28 bits per heavy atom. The van der Waals surface area contributed by atoms with E-state index < -0.39 is 23.8 Å². The quantitative estimate of drug-likeness (QED) is 0.301. The number of amides is 1. The molecule has 3 unspecified atom stereocenters. The van der Waals surface area contributed by atoms with Crippen molar-refractivity contribution in [3.05, 3.63) is 61.7 Å². The van der Waals surface area contributed by atoms with E-state index >= 15 is 0 Å². The van der Waals surface area contributed by atoms with Gasteiger partial charge in [-0.3, -0.25) is 19.5 Å². The second-order valence-corrected chi connectivity index (χ2v) is 14.5. The number of aromatic nitrogens is 1. The van der Waals surface area contributed by atoms with Crippen LogP contribution in [0.5, 0.6) is 0 Å². The van der Waals surface area contributed by atoms with E-state index in [2.05, 4.69) is 9.88 Å². The summed E-state index contributed by atoms with van der Waals surface area (Å²) in [6.07, 6.45) is 9.13. The van der Waals surface area contributed by atoms with Crippen LogP contribution in [0.15, 0.2) is 46.0 Å². The first-order valence-corrected chi connectivity index (χ1v) is 17.7. The molecule has 46 heavy (non-hydrogen) atoms. The maximum atomic E-state index is 13.9. The number of carbonyl (C=O) groups is 3. The van der Waals surface area contributed by atoms with E-state index in [0.717, 1.165) is 29.9 Å². The molecule has 4 fully saturated rings. The molecule has 3 heterocycles. The molecule has 1 aromatic carbocycles. The molecule has 7 rings (SSSR count). The average molecular weight is 688 g/mol. The van der Waals surface area contributed by atoms with Crippen LogP contribution < -0.4 is 0 Å². The Bertz CT molecular complexity index is 1490. The molecule has 246 valence electrons. The van der Waals surface area contributed by atoms with E-state index in [9.17, 15) is 14.4 Å². The lowest BCUT2D eigenvalue weighted by Crippen LogP contribution is -2.56. The Balaban J connectivity index is 1.31. The Morgan fingerprint density at radius 1 is 0.978 bits per heavy atom. The van der Waals surface area contributed by atoms with E-state index in [0.29, 0.717) is 48.9 Å². The largest absolute Gasteiger partial charge is 0.468 e. The van der Waals surface area contributed by atoms with E-state index in [1.54, 1.807) is 24.4 Å². The summed E-state index contributed by atoms with van der Waals surface area (Å²) in [7, 11) is 2.57. The fourth-order valence-corrected chi connectivity index (χ4v) is 9.27. The molecule has 1 saturated heterocycles. The Morgan fingerprint density at radius 2 is 1.70 bits per heavy atom. The molecule has 3 saturated carbocycles. The van der Waals surface area contributed by atoms with Crippen LogP contribution in [0.2, 0.25) is 10.0 Å². The van der Waals surface area contributed by atoms with Gasteiger partial charge in [-0.05, 0) is 55.2 Å². The number of fused-ring (bicyclic) bond motifs is 3. The van der Waals surface area contributed by atoms with Gasteiger partial charge in [0.1, 0.15) is 5.92 Å². The topological polar surface area (TPSA) is 101 Å². The van der Waals surface area contributed by atoms with E-state index in [4.69, 9.17) is 37.7 Å². The van der Waals surface area contributed by atoms with Crippen molar-refractivity contribution in [2.75, 3.05) is 40.4 Å². The minimum absolute atomic E-state index is 0.0956. The van der Waals surface area contributed by atoms with Crippen molar-refractivity contribution >= 4 is 58.1 Å². The van der Waals surface area contributed by atoms with Crippen molar-refractivity contribution in [1.82, 2.24) is 14.8 Å². The summed E-state index contributed by atoms with van der Waals surface area (Å²) < 4.78 is 10.5. The minimum atomic E-state index is -1.11. The number of rotatable bonds is 9. The lowest BCUT2D eigenvalue weighted by atomic mass is 9.67. The highest BCUT2D eigenvalue weighted by Gasteiger charge is 2.47. The molecule has 2 bridgehead atoms. The molecule has 3 atom stereocenters. The molecular formula is C34H40Cl2N4O5S. The number of ether oxygens (including phenoxy) is 2. The van der Waals surface area contributed by atoms with Crippen LogP contribution in [0.3, 0.4) is 0 Å². The summed E-state index contributed by atoms with van der Waals surface area (Å²) in [5, 5.41) is 3.33. The van der Waals surface area contributed by atoms with Gasteiger partial charge in [-0.25, -0.2) is 9.78 Å². The zero-order valence-corrected chi connectivity index (χ0v) is 28.6. The predicted octanol–water partition coefficient (Wildman–Crippen LogP) is 5.95. The normalized spacial score (nSPS) is 26.6.